The molecule has 1 N–H and O–H groups in total. The van der Waals surface area contributed by atoms with Crippen LogP contribution in [0.5, 0.6) is 0 Å². The highest BCUT2D eigenvalue weighted by atomic mass is 32.2. The number of hydrogen-bond donors (Lipinski definition) is 1. The summed E-state index contributed by atoms with van der Waals surface area (Å²) < 4.78 is 0. The Labute approximate surface area is 86.4 Å². The smallest absolute Gasteiger partial charge is 0.144 e. The largest absolute Gasteiger partial charge is 0.338 e. The van der Waals surface area contributed by atoms with E-state index in [9.17, 15) is 0 Å². The summed E-state index contributed by atoms with van der Waals surface area (Å²) in [7, 11) is 0. The van der Waals surface area contributed by atoms with E-state index in [4.69, 9.17) is 0 Å². The minimum Gasteiger partial charge on any atom is -0.338 e. The maximum Gasteiger partial charge on any atom is 0.144 e. The molecule has 0 atom stereocenters. The number of pyridine rings is 1. The third-order valence-corrected chi connectivity index (χ3v) is 3.26. The quantitative estimate of drug-likeness (QED) is 0.602. The molecule has 2 heterocycles. The Hall–Kier alpha value is -1.48. The van der Waals surface area contributed by atoms with Crippen LogP contribution in [-0.4, -0.2) is 4.98 Å². The van der Waals surface area contributed by atoms with Crippen LogP contribution in [-0.2, 0) is 0 Å². The van der Waals surface area contributed by atoms with Crippen molar-refractivity contribution in [3.05, 3.63) is 42.6 Å². The van der Waals surface area contributed by atoms with Crippen LogP contribution in [0.25, 0.3) is 0 Å². The van der Waals surface area contributed by atoms with Crippen LogP contribution < -0.4 is 5.32 Å². The van der Waals surface area contributed by atoms with Gasteiger partial charge in [-0.05, 0) is 24.3 Å². The van der Waals surface area contributed by atoms with Gasteiger partial charge in [0.25, 0.3) is 0 Å². The normalized spacial score (nSPS) is 12.6. The number of para-hydroxylation sites is 1. The van der Waals surface area contributed by atoms with E-state index in [2.05, 4.69) is 34.6 Å². The van der Waals surface area contributed by atoms with E-state index in [1.165, 1.54) is 9.79 Å². The molecule has 0 saturated heterocycles. The molecular formula is C11H8N2S. The van der Waals surface area contributed by atoms with Crippen LogP contribution >= 0.6 is 11.8 Å². The third-order valence-electron chi connectivity index (χ3n) is 2.13. The zero-order valence-corrected chi connectivity index (χ0v) is 8.21. The van der Waals surface area contributed by atoms with Crippen LogP contribution in [0.3, 0.4) is 0 Å². The molecular weight excluding hydrogens is 192 g/mol. The van der Waals surface area contributed by atoms with Crippen molar-refractivity contribution >= 4 is 23.3 Å². The number of aromatic nitrogens is 1. The van der Waals surface area contributed by atoms with E-state index in [0.29, 0.717) is 0 Å². The highest BCUT2D eigenvalue weighted by molar-refractivity contribution is 7.99. The summed E-state index contributed by atoms with van der Waals surface area (Å²) in [6, 6.07) is 12.3. The Bertz CT molecular complexity index is 395. The average molecular weight is 200 g/mol. The molecule has 3 rings (SSSR count). The number of fused-ring (bicyclic) bond motifs is 2. The van der Waals surface area contributed by atoms with Crippen molar-refractivity contribution in [1.82, 2.24) is 4.98 Å². The number of nitrogens with one attached hydrogen (secondary N) is 1. The van der Waals surface area contributed by atoms with Crippen molar-refractivity contribution in [1.29, 1.82) is 0 Å². The van der Waals surface area contributed by atoms with Gasteiger partial charge >= 0.3 is 0 Å². The molecule has 68 valence electrons. The van der Waals surface area contributed by atoms with Gasteiger partial charge in [0, 0.05) is 11.1 Å². The predicted molar refractivity (Wildman–Crippen MR) is 58.1 cm³/mol. The fraction of sp³-hybridized carbons (Fsp3) is 0. The monoisotopic (exact) mass is 200 g/mol. The molecule has 1 aromatic heterocycles. The van der Waals surface area contributed by atoms with E-state index < -0.39 is 0 Å². The molecule has 2 aromatic rings. The highest BCUT2D eigenvalue weighted by Crippen LogP contribution is 2.42. The molecule has 2 nitrogen and oxygen atoms in total. The van der Waals surface area contributed by atoms with Gasteiger partial charge in [0.15, 0.2) is 0 Å². The Balaban J connectivity index is 2.12. The summed E-state index contributed by atoms with van der Waals surface area (Å²) in [5, 5.41) is 3.31. The third kappa shape index (κ3) is 1.17. The number of anilines is 2. The summed E-state index contributed by atoms with van der Waals surface area (Å²) in [4.78, 5) is 6.73. The lowest BCUT2D eigenvalue weighted by Crippen LogP contribution is -2.00. The van der Waals surface area contributed by atoms with Crippen molar-refractivity contribution in [3.63, 3.8) is 0 Å². The number of hydrogen-bond acceptors (Lipinski definition) is 3. The Morgan fingerprint density at radius 1 is 1.00 bits per heavy atom. The number of benzene rings is 1. The summed E-state index contributed by atoms with van der Waals surface area (Å²) in [5.41, 5.74) is 1.14. The molecule has 1 aromatic carbocycles. The Morgan fingerprint density at radius 2 is 1.86 bits per heavy atom. The van der Waals surface area contributed by atoms with Crippen LogP contribution in [0.2, 0.25) is 0 Å². The molecule has 0 aliphatic carbocycles. The minimum atomic E-state index is 0.955. The number of rotatable bonds is 0. The molecule has 0 bridgehead atoms. The molecule has 0 fully saturated rings. The van der Waals surface area contributed by atoms with E-state index >= 15 is 0 Å². The van der Waals surface area contributed by atoms with Crippen molar-refractivity contribution in [2.45, 2.75) is 9.79 Å². The summed E-state index contributed by atoms with van der Waals surface area (Å²) in [6.45, 7) is 0. The van der Waals surface area contributed by atoms with Crippen molar-refractivity contribution in [2.75, 3.05) is 5.32 Å². The molecule has 0 saturated carbocycles. The minimum absolute atomic E-state index is 0.955. The highest BCUT2D eigenvalue weighted by Gasteiger charge is 2.14. The maximum absolute atomic E-state index is 4.29. The second-order valence-electron chi connectivity index (χ2n) is 3.07. The van der Waals surface area contributed by atoms with Crippen LogP contribution in [0, 0.1) is 0 Å². The SMILES string of the molecule is c1ccc2c(c1)Nc1ncccc1S2. The van der Waals surface area contributed by atoms with Gasteiger partial charge in [0.05, 0.1) is 10.6 Å². The lowest BCUT2D eigenvalue weighted by molar-refractivity contribution is 1.19. The second kappa shape index (κ2) is 3.03. The fourth-order valence-corrected chi connectivity index (χ4v) is 2.43. The van der Waals surface area contributed by atoms with E-state index in [1.807, 2.05) is 12.1 Å². The van der Waals surface area contributed by atoms with Crippen molar-refractivity contribution in [2.24, 2.45) is 0 Å². The molecule has 0 radical (unpaired) electrons. The molecule has 14 heavy (non-hydrogen) atoms. The van der Waals surface area contributed by atoms with Crippen LogP contribution in [0.1, 0.15) is 0 Å². The van der Waals surface area contributed by atoms with Gasteiger partial charge < -0.3 is 5.32 Å². The topological polar surface area (TPSA) is 24.9 Å². The molecule has 1 aliphatic rings. The Morgan fingerprint density at radius 3 is 2.86 bits per heavy atom. The molecule has 0 spiro atoms. The molecule has 1 aliphatic heterocycles. The second-order valence-corrected chi connectivity index (χ2v) is 4.16. The first-order chi connectivity index (χ1) is 6.93. The fourth-order valence-electron chi connectivity index (χ4n) is 1.47. The molecule has 0 unspecified atom stereocenters. The first kappa shape index (κ1) is 7.88. The molecule has 3 heteroatoms. The predicted octanol–water partition coefficient (Wildman–Crippen LogP) is 3.29. The van der Waals surface area contributed by atoms with Gasteiger partial charge in [-0.15, -0.1) is 0 Å². The zero-order chi connectivity index (χ0) is 9.38. The summed E-state index contributed by atoms with van der Waals surface area (Å²) >= 11 is 1.76. The van der Waals surface area contributed by atoms with Gasteiger partial charge in [-0.2, -0.15) is 0 Å². The Kier molecular flexibility index (Phi) is 1.70. The van der Waals surface area contributed by atoms with Gasteiger partial charge in [0.2, 0.25) is 0 Å². The lowest BCUT2D eigenvalue weighted by Gasteiger charge is -2.18. The van der Waals surface area contributed by atoms with Crippen LogP contribution in [0.4, 0.5) is 11.5 Å². The van der Waals surface area contributed by atoms with E-state index in [1.54, 1.807) is 18.0 Å². The standard InChI is InChI=1S/C11H8N2S/c1-2-5-9-8(4-1)13-11-10(14-9)6-3-7-12-11/h1-7H,(H,12,13). The van der Waals surface area contributed by atoms with Gasteiger partial charge in [0.1, 0.15) is 5.82 Å². The average Bonchev–Trinajstić information content (AvgIpc) is 2.26. The van der Waals surface area contributed by atoms with Crippen LogP contribution in [0.15, 0.2) is 52.4 Å². The summed E-state index contributed by atoms with van der Waals surface area (Å²) in [5.74, 6) is 0.955. The van der Waals surface area contributed by atoms with Crippen molar-refractivity contribution in [3.8, 4) is 0 Å². The van der Waals surface area contributed by atoms with Gasteiger partial charge in [-0.3, -0.25) is 0 Å². The van der Waals surface area contributed by atoms with E-state index in [0.717, 1.165) is 11.5 Å². The molecule has 0 amide bonds. The summed E-state index contributed by atoms with van der Waals surface area (Å²) in [6.07, 6.45) is 1.81. The van der Waals surface area contributed by atoms with Gasteiger partial charge in [-0.1, -0.05) is 23.9 Å². The van der Waals surface area contributed by atoms with Crippen molar-refractivity contribution < 1.29 is 0 Å². The lowest BCUT2D eigenvalue weighted by atomic mass is 10.3. The first-order valence-corrected chi connectivity index (χ1v) is 5.24. The first-order valence-electron chi connectivity index (χ1n) is 4.42. The van der Waals surface area contributed by atoms with E-state index in [-0.39, 0.29) is 0 Å². The zero-order valence-electron chi connectivity index (χ0n) is 7.40. The number of nitrogens with zero attached hydrogens (tertiary/aromatic N) is 1. The maximum atomic E-state index is 4.29. The van der Waals surface area contributed by atoms with Gasteiger partial charge in [-0.25, -0.2) is 4.98 Å².